The highest BCUT2D eigenvalue weighted by atomic mass is 79.9. The molecule has 20 heavy (non-hydrogen) atoms. The molecule has 2 aromatic rings. The van der Waals surface area contributed by atoms with Crippen LogP contribution in [-0.2, 0) is 11.3 Å². The minimum absolute atomic E-state index is 0.321. The summed E-state index contributed by atoms with van der Waals surface area (Å²) in [6.45, 7) is 2.76. The van der Waals surface area contributed by atoms with Gasteiger partial charge in [0.25, 0.3) is 0 Å². The monoisotopic (exact) mass is 337 g/mol. The van der Waals surface area contributed by atoms with Crippen LogP contribution >= 0.6 is 15.9 Å². The van der Waals surface area contributed by atoms with Gasteiger partial charge in [0.2, 0.25) is 0 Å². The highest BCUT2D eigenvalue weighted by molar-refractivity contribution is 9.10. The van der Waals surface area contributed by atoms with E-state index in [-0.39, 0.29) is 5.97 Å². The average molecular weight is 338 g/mol. The lowest BCUT2D eigenvalue weighted by Crippen LogP contribution is -2.13. The maximum atomic E-state index is 11.9. The second-order valence-corrected chi connectivity index (χ2v) is 5.06. The van der Waals surface area contributed by atoms with Crippen LogP contribution in [0.5, 0.6) is 5.75 Å². The molecule has 5 heteroatoms. The van der Waals surface area contributed by atoms with E-state index in [1.54, 1.807) is 14.0 Å². The van der Waals surface area contributed by atoms with Crippen LogP contribution in [0.25, 0.3) is 0 Å². The number of carbonyl (C=O) groups is 1. The molecule has 1 heterocycles. The molecule has 0 unspecified atom stereocenters. The zero-order valence-electron chi connectivity index (χ0n) is 11.4. The molecule has 0 amide bonds. The fraction of sp³-hybridized carbons (Fsp3) is 0.267. The Labute approximate surface area is 126 Å². The number of hydrogen-bond acceptors (Lipinski definition) is 3. The number of esters is 1. The van der Waals surface area contributed by atoms with E-state index in [4.69, 9.17) is 9.47 Å². The Hall–Kier alpha value is -1.75. The molecule has 0 spiro atoms. The van der Waals surface area contributed by atoms with Gasteiger partial charge >= 0.3 is 5.97 Å². The first kappa shape index (κ1) is 14.7. The van der Waals surface area contributed by atoms with E-state index in [0.29, 0.717) is 18.8 Å². The van der Waals surface area contributed by atoms with Crippen molar-refractivity contribution in [2.24, 2.45) is 0 Å². The standard InChI is InChI=1S/C15H16BrNO3/c1-3-20-15(18)14-13(16)8-9-17(14)10-11-4-6-12(19-2)7-5-11/h4-9H,3,10H2,1-2H3. The summed E-state index contributed by atoms with van der Waals surface area (Å²) in [4.78, 5) is 11.9. The van der Waals surface area contributed by atoms with Crippen molar-refractivity contribution in [1.29, 1.82) is 0 Å². The number of methoxy groups -OCH3 is 1. The molecule has 0 atom stereocenters. The lowest BCUT2D eigenvalue weighted by molar-refractivity contribution is 0.0513. The fourth-order valence-corrected chi connectivity index (χ4v) is 2.43. The van der Waals surface area contributed by atoms with Crippen molar-refractivity contribution in [3.8, 4) is 5.75 Å². The lowest BCUT2D eigenvalue weighted by Gasteiger charge is -2.10. The van der Waals surface area contributed by atoms with Crippen LogP contribution in [0.3, 0.4) is 0 Å². The summed E-state index contributed by atoms with van der Waals surface area (Å²) in [6, 6.07) is 9.59. The van der Waals surface area contributed by atoms with Crippen molar-refractivity contribution in [3.63, 3.8) is 0 Å². The summed E-state index contributed by atoms with van der Waals surface area (Å²) in [6.07, 6.45) is 1.86. The van der Waals surface area contributed by atoms with E-state index in [0.717, 1.165) is 15.8 Å². The summed E-state index contributed by atoms with van der Waals surface area (Å²) in [5, 5.41) is 0. The van der Waals surface area contributed by atoms with Gasteiger partial charge in [-0.1, -0.05) is 12.1 Å². The molecule has 106 valence electrons. The number of carbonyl (C=O) groups excluding carboxylic acids is 1. The zero-order valence-corrected chi connectivity index (χ0v) is 13.0. The van der Waals surface area contributed by atoms with Crippen molar-refractivity contribution < 1.29 is 14.3 Å². The van der Waals surface area contributed by atoms with Gasteiger partial charge in [-0.25, -0.2) is 4.79 Å². The molecular formula is C15H16BrNO3. The first-order chi connectivity index (χ1) is 9.65. The highest BCUT2D eigenvalue weighted by Gasteiger charge is 2.16. The number of rotatable bonds is 5. The van der Waals surface area contributed by atoms with Gasteiger partial charge in [0.05, 0.1) is 18.2 Å². The lowest BCUT2D eigenvalue weighted by atomic mass is 10.2. The largest absolute Gasteiger partial charge is 0.497 e. The van der Waals surface area contributed by atoms with Crippen molar-refractivity contribution in [3.05, 3.63) is 52.3 Å². The van der Waals surface area contributed by atoms with E-state index in [2.05, 4.69) is 15.9 Å². The smallest absolute Gasteiger partial charge is 0.356 e. The first-order valence-electron chi connectivity index (χ1n) is 6.30. The summed E-state index contributed by atoms with van der Waals surface area (Å²) in [7, 11) is 1.64. The molecule has 0 bridgehead atoms. The third kappa shape index (κ3) is 3.22. The SMILES string of the molecule is CCOC(=O)c1c(Br)ccn1Cc1ccc(OC)cc1. The molecule has 0 radical (unpaired) electrons. The molecule has 0 N–H and O–H groups in total. The van der Waals surface area contributed by atoms with Gasteiger partial charge in [-0.05, 0) is 46.6 Å². The molecular weight excluding hydrogens is 322 g/mol. The first-order valence-corrected chi connectivity index (χ1v) is 7.09. The topological polar surface area (TPSA) is 40.5 Å². The Kier molecular flexibility index (Phi) is 4.84. The third-order valence-electron chi connectivity index (χ3n) is 2.89. The van der Waals surface area contributed by atoms with Crippen LogP contribution in [0.2, 0.25) is 0 Å². The minimum Gasteiger partial charge on any atom is -0.497 e. The predicted octanol–water partition coefficient (Wildman–Crippen LogP) is 3.48. The summed E-state index contributed by atoms with van der Waals surface area (Å²) < 4.78 is 12.8. The quantitative estimate of drug-likeness (QED) is 0.784. The Bertz CT molecular complexity index is 590. The second-order valence-electron chi connectivity index (χ2n) is 4.21. The molecule has 1 aromatic heterocycles. The summed E-state index contributed by atoms with van der Waals surface area (Å²) in [5.41, 5.74) is 1.61. The molecule has 0 aliphatic carbocycles. The van der Waals surface area contributed by atoms with Crippen molar-refractivity contribution >= 4 is 21.9 Å². The molecule has 2 rings (SSSR count). The Morgan fingerprint density at radius 2 is 1.95 bits per heavy atom. The van der Waals surface area contributed by atoms with Crippen LogP contribution in [0.4, 0.5) is 0 Å². The van der Waals surface area contributed by atoms with E-state index >= 15 is 0 Å². The van der Waals surface area contributed by atoms with Gasteiger partial charge in [0.1, 0.15) is 11.4 Å². The molecule has 0 aliphatic heterocycles. The molecule has 4 nitrogen and oxygen atoms in total. The summed E-state index contributed by atoms with van der Waals surface area (Å²) in [5.74, 6) is 0.492. The minimum atomic E-state index is -0.321. The molecule has 0 saturated carbocycles. The number of ether oxygens (including phenoxy) is 2. The maximum absolute atomic E-state index is 11.9. The third-order valence-corrected chi connectivity index (χ3v) is 3.53. The van der Waals surface area contributed by atoms with Crippen LogP contribution < -0.4 is 4.74 Å². The Morgan fingerprint density at radius 3 is 2.55 bits per heavy atom. The van der Waals surface area contributed by atoms with Crippen LogP contribution in [-0.4, -0.2) is 24.3 Å². The van der Waals surface area contributed by atoms with E-state index in [1.807, 2.05) is 41.1 Å². The average Bonchev–Trinajstić information content (AvgIpc) is 2.81. The molecule has 0 aliphatic rings. The molecule has 0 fully saturated rings. The van der Waals surface area contributed by atoms with Gasteiger partial charge in [-0.3, -0.25) is 0 Å². The van der Waals surface area contributed by atoms with Crippen LogP contribution in [0.15, 0.2) is 41.0 Å². The fourth-order valence-electron chi connectivity index (χ4n) is 1.92. The Morgan fingerprint density at radius 1 is 1.25 bits per heavy atom. The van der Waals surface area contributed by atoms with E-state index < -0.39 is 0 Å². The zero-order chi connectivity index (χ0) is 14.5. The normalized spacial score (nSPS) is 10.3. The van der Waals surface area contributed by atoms with Crippen molar-refractivity contribution in [2.75, 3.05) is 13.7 Å². The number of hydrogen-bond donors (Lipinski definition) is 0. The van der Waals surface area contributed by atoms with E-state index in [1.165, 1.54) is 0 Å². The van der Waals surface area contributed by atoms with Crippen molar-refractivity contribution in [1.82, 2.24) is 4.57 Å². The molecule has 0 saturated heterocycles. The predicted molar refractivity (Wildman–Crippen MR) is 80.2 cm³/mol. The van der Waals surface area contributed by atoms with Gasteiger partial charge in [0, 0.05) is 12.7 Å². The van der Waals surface area contributed by atoms with Crippen LogP contribution in [0, 0.1) is 0 Å². The number of aromatic nitrogens is 1. The molecule has 1 aromatic carbocycles. The summed E-state index contributed by atoms with van der Waals surface area (Å²) >= 11 is 3.38. The number of nitrogens with zero attached hydrogens (tertiary/aromatic N) is 1. The van der Waals surface area contributed by atoms with Gasteiger partial charge in [0.15, 0.2) is 0 Å². The number of halogens is 1. The van der Waals surface area contributed by atoms with Crippen molar-refractivity contribution in [2.45, 2.75) is 13.5 Å². The second kappa shape index (κ2) is 6.61. The van der Waals surface area contributed by atoms with E-state index in [9.17, 15) is 4.79 Å². The van der Waals surface area contributed by atoms with Gasteiger partial charge in [-0.15, -0.1) is 0 Å². The van der Waals surface area contributed by atoms with Crippen LogP contribution in [0.1, 0.15) is 23.0 Å². The number of benzene rings is 1. The Balaban J connectivity index is 2.22. The maximum Gasteiger partial charge on any atom is 0.356 e. The highest BCUT2D eigenvalue weighted by Crippen LogP contribution is 2.21. The van der Waals surface area contributed by atoms with Gasteiger partial charge < -0.3 is 14.0 Å². The van der Waals surface area contributed by atoms with Gasteiger partial charge in [-0.2, -0.15) is 0 Å².